The molecule has 1 heterocycles. The third-order valence-corrected chi connectivity index (χ3v) is 5.11. The van der Waals surface area contributed by atoms with Crippen LogP contribution in [-0.4, -0.2) is 36.4 Å². The molecular formula is C15H20N2O3S2. The first kappa shape index (κ1) is 17.0. The highest BCUT2D eigenvalue weighted by molar-refractivity contribution is 8.00. The Labute approximate surface area is 135 Å². The van der Waals surface area contributed by atoms with E-state index in [1.807, 2.05) is 12.1 Å². The van der Waals surface area contributed by atoms with Gasteiger partial charge in [0.15, 0.2) is 0 Å². The summed E-state index contributed by atoms with van der Waals surface area (Å²) in [6.45, 7) is 6.47. The molecule has 120 valence electrons. The fourth-order valence-electron chi connectivity index (χ4n) is 1.78. The second-order valence-electron chi connectivity index (χ2n) is 6.18. The molecule has 0 amide bonds. The summed E-state index contributed by atoms with van der Waals surface area (Å²) in [5, 5.41) is 8.33. The summed E-state index contributed by atoms with van der Waals surface area (Å²) in [6.07, 6.45) is 1.21. The van der Waals surface area contributed by atoms with Gasteiger partial charge in [0.1, 0.15) is 9.84 Å². The normalized spacial score (nSPS) is 12.5. The Morgan fingerprint density at radius 2 is 1.77 bits per heavy atom. The van der Waals surface area contributed by atoms with Crippen molar-refractivity contribution in [2.45, 2.75) is 31.4 Å². The number of thioether (sulfide) groups is 1. The largest absolute Gasteiger partial charge is 0.411 e. The molecule has 0 unspecified atom stereocenters. The quantitative estimate of drug-likeness (QED) is 0.778. The summed E-state index contributed by atoms with van der Waals surface area (Å²) in [7, 11) is -2.97. The van der Waals surface area contributed by atoms with E-state index in [1.165, 1.54) is 23.6 Å². The van der Waals surface area contributed by atoms with Gasteiger partial charge in [-0.1, -0.05) is 44.7 Å². The second-order valence-corrected chi connectivity index (χ2v) is 9.48. The first-order valence-electron chi connectivity index (χ1n) is 6.90. The van der Waals surface area contributed by atoms with Gasteiger partial charge in [-0.05, 0) is 23.1 Å². The van der Waals surface area contributed by atoms with E-state index in [0.717, 1.165) is 5.56 Å². The number of hydrogen-bond acceptors (Lipinski definition) is 6. The van der Waals surface area contributed by atoms with Gasteiger partial charge in [-0.25, -0.2) is 8.42 Å². The molecule has 0 N–H and O–H groups in total. The van der Waals surface area contributed by atoms with E-state index in [0.29, 0.717) is 16.9 Å². The van der Waals surface area contributed by atoms with Crippen LogP contribution in [0.5, 0.6) is 0 Å². The molecule has 0 saturated carbocycles. The van der Waals surface area contributed by atoms with Crippen LogP contribution in [0.4, 0.5) is 0 Å². The smallest absolute Gasteiger partial charge is 0.276 e. The van der Waals surface area contributed by atoms with Crippen molar-refractivity contribution in [1.82, 2.24) is 10.2 Å². The van der Waals surface area contributed by atoms with Gasteiger partial charge in [0.25, 0.3) is 5.22 Å². The van der Waals surface area contributed by atoms with Crippen LogP contribution in [0.3, 0.4) is 0 Å². The topological polar surface area (TPSA) is 73.1 Å². The van der Waals surface area contributed by atoms with Crippen LogP contribution < -0.4 is 0 Å². The Balaban J connectivity index is 2.05. The van der Waals surface area contributed by atoms with Crippen LogP contribution in [0.2, 0.25) is 0 Å². The molecule has 22 heavy (non-hydrogen) atoms. The highest BCUT2D eigenvalue weighted by Crippen LogP contribution is 2.27. The van der Waals surface area contributed by atoms with Crippen LogP contribution in [0.1, 0.15) is 26.3 Å². The van der Waals surface area contributed by atoms with E-state index < -0.39 is 9.84 Å². The number of hydrogen-bond donors (Lipinski definition) is 0. The summed E-state index contributed by atoms with van der Waals surface area (Å²) in [4.78, 5) is 0. The van der Waals surface area contributed by atoms with Gasteiger partial charge in [0, 0.05) is 17.6 Å². The van der Waals surface area contributed by atoms with Gasteiger partial charge in [-0.15, -0.1) is 10.2 Å². The zero-order chi connectivity index (χ0) is 16.4. The maximum Gasteiger partial charge on any atom is 0.276 e. The van der Waals surface area contributed by atoms with Crippen molar-refractivity contribution in [3.8, 4) is 11.5 Å². The molecule has 0 radical (unpaired) electrons. The lowest BCUT2D eigenvalue weighted by molar-refractivity contribution is 0.466. The predicted octanol–water partition coefficient (Wildman–Crippen LogP) is 3.17. The lowest BCUT2D eigenvalue weighted by Crippen LogP contribution is -2.10. The molecule has 0 spiro atoms. The average Bonchev–Trinajstić information content (AvgIpc) is 2.85. The van der Waals surface area contributed by atoms with Crippen molar-refractivity contribution in [3.63, 3.8) is 0 Å². The SMILES string of the molecule is CC(C)(C)c1ccc(-c2nnc(SCCS(C)(=O)=O)o2)cc1. The van der Waals surface area contributed by atoms with Crippen LogP contribution >= 0.6 is 11.8 Å². The van der Waals surface area contributed by atoms with Crippen molar-refractivity contribution in [3.05, 3.63) is 29.8 Å². The van der Waals surface area contributed by atoms with Crippen molar-refractivity contribution in [1.29, 1.82) is 0 Å². The van der Waals surface area contributed by atoms with Crippen molar-refractivity contribution < 1.29 is 12.8 Å². The lowest BCUT2D eigenvalue weighted by atomic mass is 9.87. The molecule has 0 bridgehead atoms. The van der Waals surface area contributed by atoms with Gasteiger partial charge < -0.3 is 4.42 Å². The summed E-state index contributed by atoms with van der Waals surface area (Å²) >= 11 is 1.25. The summed E-state index contributed by atoms with van der Waals surface area (Å²) < 4.78 is 27.7. The van der Waals surface area contributed by atoms with E-state index in [1.54, 1.807) is 0 Å². The lowest BCUT2D eigenvalue weighted by Gasteiger charge is -2.18. The highest BCUT2D eigenvalue weighted by atomic mass is 32.2. The van der Waals surface area contributed by atoms with Crippen LogP contribution in [-0.2, 0) is 15.3 Å². The number of nitrogens with zero attached hydrogens (tertiary/aromatic N) is 2. The number of aromatic nitrogens is 2. The van der Waals surface area contributed by atoms with Gasteiger partial charge >= 0.3 is 0 Å². The Bertz CT molecular complexity index is 729. The Morgan fingerprint density at radius 3 is 2.32 bits per heavy atom. The molecule has 0 saturated heterocycles. The summed E-state index contributed by atoms with van der Waals surface area (Å²) in [5.41, 5.74) is 2.19. The summed E-state index contributed by atoms with van der Waals surface area (Å²) in [6, 6.07) is 8.02. The maximum atomic E-state index is 11.1. The van der Waals surface area contributed by atoms with Gasteiger partial charge in [-0.3, -0.25) is 0 Å². The molecule has 2 aromatic rings. The minimum Gasteiger partial charge on any atom is -0.411 e. The monoisotopic (exact) mass is 340 g/mol. The zero-order valence-electron chi connectivity index (χ0n) is 13.2. The summed E-state index contributed by atoms with van der Waals surface area (Å²) in [5.74, 6) is 0.946. The minimum absolute atomic E-state index is 0.0929. The fraction of sp³-hybridized carbons (Fsp3) is 0.467. The third-order valence-electron chi connectivity index (χ3n) is 3.08. The molecular weight excluding hydrogens is 320 g/mol. The molecule has 0 aliphatic heterocycles. The van der Waals surface area contributed by atoms with Gasteiger partial charge in [-0.2, -0.15) is 0 Å². The van der Waals surface area contributed by atoms with Crippen molar-refractivity contribution >= 4 is 21.6 Å². The Morgan fingerprint density at radius 1 is 1.14 bits per heavy atom. The van der Waals surface area contributed by atoms with Gasteiger partial charge in [0.2, 0.25) is 5.89 Å². The number of rotatable bonds is 5. The highest BCUT2D eigenvalue weighted by Gasteiger charge is 2.15. The molecule has 1 aromatic carbocycles. The maximum absolute atomic E-state index is 11.1. The number of benzene rings is 1. The standard InChI is InChI=1S/C15H20N2O3S2/c1-15(2,3)12-7-5-11(6-8-12)13-16-17-14(20-13)21-9-10-22(4,18)19/h5-8H,9-10H2,1-4H3. The first-order valence-corrected chi connectivity index (χ1v) is 9.95. The van der Waals surface area contributed by atoms with E-state index >= 15 is 0 Å². The predicted molar refractivity (Wildman–Crippen MR) is 88.9 cm³/mol. The molecule has 0 aliphatic carbocycles. The molecule has 2 rings (SSSR count). The molecule has 5 nitrogen and oxygen atoms in total. The fourth-order valence-corrected chi connectivity index (χ4v) is 3.73. The minimum atomic E-state index is -2.97. The number of sulfone groups is 1. The van der Waals surface area contributed by atoms with E-state index in [2.05, 4.69) is 43.1 Å². The van der Waals surface area contributed by atoms with Crippen molar-refractivity contribution in [2.75, 3.05) is 17.8 Å². The Kier molecular flexibility index (Phi) is 4.97. The van der Waals surface area contributed by atoms with Crippen LogP contribution in [0, 0.1) is 0 Å². The molecule has 1 aromatic heterocycles. The molecule has 0 fully saturated rings. The third kappa shape index (κ3) is 4.84. The van der Waals surface area contributed by atoms with E-state index in [-0.39, 0.29) is 11.2 Å². The van der Waals surface area contributed by atoms with Crippen molar-refractivity contribution in [2.24, 2.45) is 0 Å². The molecule has 0 aliphatic rings. The first-order chi connectivity index (χ1) is 10.1. The molecule has 0 atom stereocenters. The van der Waals surface area contributed by atoms with E-state index in [9.17, 15) is 8.42 Å². The van der Waals surface area contributed by atoms with Gasteiger partial charge in [0.05, 0.1) is 5.75 Å². The van der Waals surface area contributed by atoms with E-state index in [4.69, 9.17) is 4.42 Å². The zero-order valence-corrected chi connectivity index (χ0v) is 14.8. The Hall–Kier alpha value is -1.34. The average molecular weight is 340 g/mol. The van der Waals surface area contributed by atoms with Crippen LogP contribution in [0.25, 0.3) is 11.5 Å². The second kappa shape index (κ2) is 6.42. The van der Waals surface area contributed by atoms with Crippen LogP contribution in [0.15, 0.2) is 33.9 Å². The molecule has 7 heteroatoms.